The predicted octanol–water partition coefficient (Wildman–Crippen LogP) is 3.64. The summed E-state index contributed by atoms with van der Waals surface area (Å²) in [7, 11) is 0. The van der Waals surface area contributed by atoms with Crippen LogP contribution in [0.5, 0.6) is 5.75 Å². The number of rotatable bonds is 3. The highest BCUT2D eigenvalue weighted by Crippen LogP contribution is 2.42. The zero-order valence-electron chi connectivity index (χ0n) is 13.4. The fraction of sp³-hybridized carbons (Fsp3) is 0.222. The molecule has 3 aromatic rings. The third-order valence-electron chi connectivity index (χ3n) is 4.26. The van der Waals surface area contributed by atoms with Crippen LogP contribution in [0.1, 0.15) is 18.2 Å². The Morgan fingerprint density at radius 2 is 2.08 bits per heavy atom. The van der Waals surface area contributed by atoms with Gasteiger partial charge in [-0.05, 0) is 36.2 Å². The first-order valence-corrected chi connectivity index (χ1v) is 7.93. The molecular weight excluding hydrogens is 328 g/mol. The molecule has 0 fully saturated rings. The number of hydrogen-bond donors (Lipinski definition) is 1. The quantitative estimate of drug-likeness (QED) is 0.790. The van der Waals surface area contributed by atoms with E-state index in [9.17, 15) is 13.6 Å². The summed E-state index contributed by atoms with van der Waals surface area (Å²) in [5.41, 5.74) is 2.12. The zero-order chi connectivity index (χ0) is 17.6. The Balaban J connectivity index is 1.78. The number of nitrogens with zero attached hydrogens (tertiary/aromatic N) is 2. The smallest absolute Gasteiger partial charge is 0.423 e. The van der Waals surface area contributed by atoms with Crippen LogP contribution >= 0.6 is 0 Å². The molecule has 0 radical (unpaired) electrons. The number of nitrogens with one attached hydrogen (secondary N) is 1. The van der Waals surface area contributed by atoms with Gasteiger partial charge in [0.1, 0.15) is 5.65 Å². The molecule has 0 spiro atoms. The maximum absolute atomic E-state index is 14.1. The number of anilines is 1. The van der Waals surface area contributed by atoms with E-state index in [1.807, 2.05) is 19.1 Å². The molecule has 4 rings (SSSR count). The molecule has 1 amide bonds. The highest BCUT2D eigenvalue weighted by molar-refractivity contribution is 6.01. The second-order valence-electron chi connectivity index (χ2n) is 5.85. The van der Waals surface area contributed by atoms with Gasteiger partial charge in [-0.3, -0.25) is 9.69 Å². The van der Waals surface area contributed by atoms with E-state index in [1.54, 1.807) is 30.5 Å². The number of amides is 1. The lowest BCUT2D eigenvalue weighted by Crippen LogP contribution is -2.50. The number of fused-ring (bicyclic) bond motifs is 2. The van der Waals surface area contributed by atoms with Crippen molar-refractivity contribution in [2.45, 2.75) is 26.0 Å². The lowest BCUT2D eigenvalue weighted by molar-refractivity contribution is -0.193. The largest absolute Gasteiger partial charge is 0.483 e. The molecule has 3 heterocycles. The van der Waals surface area contributed by atoms with E-state index in [1.165, 1.54) is 0 Å². The van der Waals surface area contributed by atoms with E-state index in [-0.39, 0.29) is 12.3 Å². The van der Waals surface area contributed by atoms with Gasteiger partial charge in [0.25, 0.3) is 0 Å². The van der Waals surface area contributed by atoms with E-state index < -0.39 is 12.0 Å². The van der Waals surface area contributed by atoms with E-state index in [0.717, 1.165) is 10.3 Å². The number of para-hydroxylation sites is 1. The molecule has 0 bridgehead atoms. The van der Waals surface area contributed by atoms with Crippen molar-refractivity contribution in [2.24, 2.45) is 0 Å². The Morgan fingerprint density at radius 1 is 1.24 bits per heavy atom. The molecule has 0 unspecified atom stereocenters. The van der Waals surface area contributed by atoms with E-state index in [2.05, 4.69) is 9.97 Å². The first-order chi connectivity index (χ1) is 12.0. The van der Waals surface area contributed by atoms with E-state index >= 15 is 0 Å². The van der Waals surface area contributed by atoms with Crippen LogP contribution < -0.4 is 9.64 Å². The number of aryl methyl sites for hydroxylation is 1. The third-order valence-corrected chi connectivity index (χ3v) is 4.26. The van der Waals surface area contributed by atoms with Crippen LogP contribution in [0.4, 0.5) is 14.5 Å². The van der Waals surface area contributed by atoms with Crippen molar-refractivity contribution in [2.75, 3.05) is 4.90 Å². The van der Waals surface area contributed by atoms with Crippen LogP contribution in [0.2, 0.25) is 0 Å². The first kappa shape index (κ1) is 15.6. The molecule has 1 aromatic carbocycles. The van der Waals surface area contributed by atoms with Gasteiger partial charge in [-0.25, -0.2) is 4.98 Å². The topological polar surface area (TPSA) is 58.2 Å². The average molecular weight is 343 g/mol. The number of carbonyl (C=O) groups excluding carboxylic acids is 1. The number of aromatic nitrogens is 2. The van der Waals surface area contributed by atoms with Gasteiger partial charge < -0.3 is 9.72 Å². The van der Waals surface area contributed by atoms with Gasteiger partial charge in [0, 0.05) is 11.6 Å². The number of carbonyl (C=O) groups is 1. The summed E-state index contributed by atoms with van der Waals surface area (Å²) in [6.07, 6.45) is -1.62. The van der Waals surface area contributed by atoms with Crippen LogP contribution in [-0.4, -0.2) is 22.0 Å². The maximum atomic E-state index is 14.1. The first-order valence-electron chi connectivity index (χ1n) is 7.93. The lowest BCUT2D eigenvalue weighted by Gasteiger charge is -2.34. The van der Waals surface area contributed by atoms with E-state index in [0.29, 0.717) is 29.0 Å². The Bertz CT molecular complexity index is 968. The Morgan fingerprint density at radius 3 is 2.88 bits per heavy atom. The van der Waals surface area contributed by atoms with Crippen molar-refractivity contribution in [3.63, 3.8) is 0 Å². The van der Waals surface area contributed by atoms with Crippen molar-refractivity contribution in [3.05, 3.63) is 53.9 Å². The fourth-order valence-corrected chi connectivity index (χ4v) is 3.00. The van der Waals surface area contributed by atoms with Crippen LogP contribution in [0.3, 0.4) is 0 Å². The number of pyridine rings is 1. The number of hydrogen-bond acceptors (Lipinski definition) is 3. The predicted molar refractivity (Wildman–Crippen MR) is 88.7 cm³/mol. The van der Waals surface area contributed by atoms with Crippen molar-refractivity contribution in [3.8, 4) is 5.75 Å². The minimum atomic E-state index is -3.89. The summed E-state index contributed by atoms with van der Waals surface area (Å²) in [4.78, 5) is 20.6. The molecule has 7 heteroatoms. The normalized spacial score (nSPS) is 16.0. The minimum Gasteiger partial charge on any atom is -0.423 e. The van der Waals surface area contributed by atoms with Crippen LogP contribution in [0.15, 0.2) is 42.6 Å². The molecule has 1 N–H and O–H groups in total. The van der Waals surface area contributed by atoms with E-state index in [4.69, 9.17) is 4.74 Å². The molecule has 1 aliphatic rings. The van der Waals surface area contributed by atoms with Crippen LogP contribution in [0.25, 0.3) is 11.0 Å². The number of alkyl halides is 2. The second kappa shape index (κ2) is 5.54. The Hall–Kier alpha value is -2.96. The van der Waals surface area contributed by atoms with Crippen molar-refractivity contribution in [1.29, 1.82) is 0 Å². The molecular formula is C18H15F2N3O2. The molecule has 1 aliphatic heterocycles. The summed E-state index contributed by atoms with van der Waals surface area (Å²) in [6.45, 7) is 1.78. The third kappa shape index (κ3) is 2.52. The summed E-state index contributed by atoms with van der Waals surface area (Å²) in [5.74, 6) is -1.34. The number of aromatic amines is 1. The van der Waals surface area contributed by atoms with Gasteiger partial charge >= 0.3 is 12.0 Å². The summed E-state index contributed by atoms with van der Waals surface area (Å²) < 4.78 is 32.9. The van der Waals surface area contributed by atoms with Crippen molar-refractivity contribution < 1.29 is 18.3 Å². The molecule has 0 saturated heterocycles. The van der Waals surface area contributed by atoms with Gasteiger partial charge in [-0.15, -0.1) is 0 Å². The molecule has 0 aliphatic carbocycles. The van der Waals surface area contributed by atoms with Crippen LogP contribution in [0, 0.1) is 0 Å². The highest BCUT2D eigenvalue weighted by atomic mass is 19.3. The summed E-state index contributed by atoms with van der Waals surface area (Å²) in [6, 6.07) is 10.5. The summed E-state index contributed by atoms with van der Waals surface area (Å²) >= 11 is 0. The lowest BCUT2D eigenvalue weighted by atomic mass is 10.1. The molecule has 0 atom stereocenters. The molecule has 25 heavy (non-hydrogen) atoms. The zero-order valence-corrected chi connectivity index (χ0v) is 13.4. The van der Waals surface area contributed by atoms with Gasteiger partial charge in [0.05, 0.1) is 17.9 Å². The van der Waals surface area contributed by atoms with Gasteiger partial charge in [0.2, 0.25) is 0 Å². The molecule has 0 saturated carbocycles. The second-order valence-corrected chi connectivity index (χ2v) is 5.85. The number of H-pyrrole nitrogens is 1. The SMILES string of the molecule is CCc1cccc2c1OC(F)(F)C(=O)N2Cc1ccc2cc[nH]c2n1. The fourth-order valence-electron chi connectivity index (χ4n) is 3.00. The summed E-state index contributed by atoms with van der Waals surface area (Å²) in [5, 5.41) is 0.913. The number of benzene rings is 1. The Kier molecular flexibility index (Phi) is 3.45. The van der Waals surface area contributed by atoms with Gasteiger partial charge in [-0.1, -0.05) is 19.1 Å². The van der Waals surface area contributed by atoms with Crippen LogP contribution in [-0.2, 0) is 17.8 Å². The Labute approximate surface area is 142 Å². The monoisotopic (exact) mass is 343 g/mol. The molecule has 128 valence electrons. The number of halogens is 2. The van der Waals surface area contributed by atoms with Gasteiger partial charge in [0.15, 0.2) is 5.75 Å². The van der Waals surface area contributed by atoms with Crippen molar-refractivity contribution in [1.82, 2.24) is 9.97 Å². The molecule has 5 nitrogen and oxygen atoms in total. The number of ether oxygens (including phenoxy) is 1. The standard InChI is InChI=1S/C18H15F2N3O2/c1-2-11-4-3-5-14-15(11)25-18(19,20)17(24)23(14)10-13-7-6-12-8-9-21-16(12)22-13/h3-9H,2,10H2,1H3,(H,21,22). The minimum absolute atomic E-state index is 0.0514. The van der Waals surface area contributed by atoms with Gasteiger partial charge in [-0.2, -0.15) is 8.78 Å². The molecule has 2 aromatic heterocycles. The highest BCUT2D eigenvalue weighted by Gasteiger charge is 2.51. The van der Waals surface area contributed by atoms with Crippen molar-refractivity contribution >= 4 is 22.6 Å². The maximum Gasteiger partial charge on any atom is 0.483 e. The average Bonchev–Trinajstić information content (AvgIpc) is 3.06.